The zero-order valence-electron chi connectivity index (χ0n) is 18.7. The van der Waals surface area contributed by atoms with E-state index in [-0.39, 0.29) is 17.8 Å². The lowest BCUT2D eigenvalue weighted by atomic mass is 9.95. The minimum atomic E-state index is 0.140. The Labute approximate surface area is 186 Å². The number of nitrogens with zero attached hydrogens (tertiary/aromatic N) is 2. The summed E-state index contributed by atoms with van der Waals surface area (Å²) in [6, 6.07) is 14.7. The van der Waals surface area contributed by atoms with Gasteiger partial charge < -0.3 is 19.7 Å². The fourth-order valence-corrected chi connectivity index (χ4v) is 4.73. The predicted molar refractivity (Wildman–Crippen MR) is 125 cm³/mol. The van der Waals surface area contributed by atoms with Crippen molar-refractivity contribution in [2.24, 2.45) is 0 Å². The van der Waals surface area contributed by atoms with Crippen LogP contribution >= 0.6 is 0 Å². The largest absolute Gasteiger partial charge is 0.376 e. The Hall–Kier alpha value is -2.24. The maximum atomic E-state index is 11.8. The van der Waals surface area contributed by atoms with Gasteiger partial charge in [0.25, 0.3) is 0 Å². The van der Waals surface area contributed by atoms with Crippen molar-refractivity contribution in [3.8, 4) is 0 Å². The number of likely N-dealkylation sites (tertiary alicyclic amines) is 1. The molecule has 4 rings (SSSR count). The van der Waals surface area contributed by atoms with Crippen molar-refractivity contribution < 1.29 is 9.53 Å². The van der Waals surface area contributed by atoms with Crippen molar-refractivity contribution in [1.82, 2.24) is 9.88 Å². The number of ketones is 1. The van der Waals surface area contributed by atoms with Crippen LogP contribution in [0.4, 0.5) is 5.82 Å². The van der Waals surface area contributed by atoms with Crippen LogP contribution in [0.1, 0.15) is 55.3 Å². The van der Waals surface area contributed by atoms with Crippen LogP contribution in [0.5, 0.6) is 0 Å². The van der Waals surface area contributed by atoms with Gasteiger partial charge in [0.05, 0.1) is 12.7 Å². The molecule has 1 fully saturated rings. The second kappa shape index (κ2) is 10.9. The molecule has 5 heteroatoms. The lowest BCUT2D eigenvalue weighted by Gasteiger charge is -2.33. The number of pyridine rings is 1. The number of carbonyl (C=O) groups is 1. The fourth-order valence-electron chi connectivity index (χ4n) is 4.73. The Morgan fingerprint density at radius 2 is 2.10 bits per heavy atom. The van der Waals surface area contributed by atoms with E-state index in [2.05, 4.69) is 34.5 Å². The first-order valence-electron chi connectivity index (χ1n) is 11.8. The number of carbonyl (C=O) groups excluding carboxylic acids is 1. The van der Waals surface area contributed by atoms with E-state index in [1.807, 2.05) is 18.2 Å². The number of piperidine rings is 1. The van der Waals surface area contributed by atoms with Gasteiger partial charge in [0.15, 0.2) is 0 Å². The number of aromatic nitrogens is 1. The van der Waals surface area contributed by atoms with Crippen molar-refractivity contribution in [1.29, 1.82) is 0 Å². The van der Waals surface area contributed by atoms with Crippen LogP contribution in [-0.4, -0.2) is 54.6 Å². The average molecular weight is 422 g/mol. The second-order valence-electron chi connectivity index (χ2n) is 9.00. The number of aryl methyl sites for hydroxylation is 1. The van der Waals surface area contributed by atoms with Gasteiger partial charge in [-0.05, 0) is 56.3 Å². The van der Waals surface area contributed by atoms with Crippen LogP contribution < -0.4 is 5.32 Å². The molecule has 1 aromatic carbocycles. The minimum absolute atomic E-state index is 0.140. The topological polar surface area (TPSA) is 54.5 Å². The van der Waals surface area contributed by atoms with Crippen molar-refractivity contribution in [3.05, 3.63) is 59.3 Å². The quantitative estimate of drug-likeness (QED) is 0.657. The summed E-state index contributed by atoms with van der Waals surface area (Å²) in [5.41, 5.74) is 3.71. The van der Waals surface area contributed by atoms with Crippen molar-refractivity contribution >= 4 is 11.6 Å². The Bertz CT molecular complexity index is 855. The summed E-state index contributed by atoms with van der Waals surface area (Å²) in [5.74, 6) is 1.44. The predicted octanol–water partition coefficient (Wildman–Crippen LogP) is 4.23. The Morgan fingerprint density at radius 1 is 1.23 bits per heavy atom. The molecule has 0 spiro atoms. The number of benzene rings is 1. The van der Waals surface area contributed by atoms with Crippen LogP contribution in [0.25, 0.3) is 0 Å². The molecule has 31 heavy (non-hydrogen) atoms. The van der Waals surface area contributed by atoms with Crippen LogP contribution in [-0.2, 0) is 22.4 Å². The van der Waals surface area contributed by atoms with Crippen molar-refractivity contribution in [2.75, 3.05) is 38.1 Å². The molecule has 0 unspecified atom stereocenters. The second-order valence-corrected chi connectivity index (χ2v) is 9.00. The molecule has 0 radical (unpaired) electrons. The summed E-state index contributed by atoms with van der Waals surface area (Å²) in [5, 5.41) is 3.43. The number of Topliss-reactive ketones (excluding diaryl/α,β-unsaturated/α-hetero) is 1. The van der Waals surface area contributed by atoms with Crippen LogP contribution in [0.3, 0.4) is 0 Å². The number of rotatable bonds is 9. The molecular weight excluding hydrogens is 386 g/mol. The van der Waals surface area contributed by atoms with Gasteiger partial charge in [-0.1, -0.05) is 36.4 Å². The average Bonchev–Trinajstić information content (AvgIpc) is 2.81. The highest BCUT2D eigenvalue weighted by Crippen LogP contribution is 2.23. The van der Waals surface area contributed by atoms with Gasteiger partial charge in [-0.15, -0.1) is 0 Å². The third kappa shape index (κ3) is 6.37. The standard InChI is InChI=1S/C26H35N3O2/c1-20(30)17-23(21-7-3-2-4-8-21)19-31-25-10-6-15-29(18-25)16-13-24-12-11-22-9-5-14-27-26(22)28-24/h2-4,7-8,11-12,23,25H,5-6,9-10,13-19H2,1H3,(H,27,28)/t23-,25+/m0/s1. The van der Waals surface area contributed by atoms with E-state index < -0.39 is 0 Å². The van der Waals surface area contributed by atoms with E-state index in [0.717, 1.165) is 57.7 Å². The van der Waals surface area contributed by atoms with Gasteiger partial charge in [0.1, 0.15) is 11.6 Å². The van der Waals surface area contributed by atoms with Gasteiger partial charge in [0.2, 0.25) is 0 Å². The molecule has 2 atom stereocenters. The number of fused-ring (bicyclic) bond motifs is 1. The number of hydrogen-bond acceptors (Lipinski definition) is 5. The van der Waals surface area contributed by atoms with Crippen LogP contribution in [0.15, 0.2) is 42.5 Å². The summed E-state index contributed by atoms with van der Waals surface area (Å²) in [7, 11) is 0. The molecule has 166 valence electrons. The van der Waals surface area contributed by atoms with E-state index in [1.165, 1.54) is 23.2 Å². The first-order valence-corrected chi connectivity index (χ1v) is 11.8. The molecule has 0 aliphatic carbocycles. The number of nitrogens with one attached hydrogen (secondary N) is 1. The van der Waals surface area contributed by atoms with E-state index in [0.29, 0.717) is 13.0 Å². The molecule has 0 saturated carbocycles. The molecule has 0 amide bonds. The monoisotopic (exact) mass is 421 g/mol. The van der Waals surface area contributed by atoms with E-state index in [4.69, 9.17) is 9.72 Å². The molecule has 3 heterocycles. The highest BCUT2D eigenvalue weighted by atomic mass is 16.5. The van der Waals surface area contributed by atoms with Gasteiger partial charge in [0, 0.05) is 44.1 Å². The normalized spacial score (nSPS) is 20.0. The molecule has 1 aromatic heterocycles. The van der Waals surface area contributed by atoms with Gasteiger partial charge in [-0.25, -0.2) is 4.98 Å². The maximum Gasteiger partial charge on any atom is 0.130 e. The van der Waals surface area contributed by atoms with Crippen molar-refractivity contribution in [3.63, 3.8) is 0 Å². The minimum Gasteiger partial charge on any atom is -0.376 e. The molecule has 2 aromatic rings. The first kappa shape index (κ1) is 22.0. The lowest BCUT2D eigenvalue weighted by molar-refractivity contribution is -0.118. The Balaban J connectivity index is 1.27. The number of ether oxygens (including phenoxy) is 1. The molecule has 2 aliphatic heterocycles. The smallest absolute Gasteiger partial charge is 0.130 e. The Kier molecular flexibility index (Phi) is 7.71. The van der Waals surface area contributed by atoms with Gasteiger partial charge in [-0.3, -0.25) is 0 Å². The molecule has 2 aliphatic rings. The summed E-state index contributed by atoms with van der Waals surface area (Å²) in [6.07, 6.45) is 6.34. The number of hydrogen-bond donors (Lipinski definition) is 1. The zero-order valence-corrected chi connectivity index (χ0v) is 18.7. The highest BCUT2D eigenvalue weighted by molar-refractivity contribution is 5.76. The summed E-state index contributed by atoms with van der Waals surface area (Å²) in [6.45, 7) is 6.41. The molecule has 1 saturated heterocycles. The molecule has 1 N–H and O–H groups in total. The first-order chi connectivity index (χ1) is 15.2. The van der Waals surface area contributed by atoms with Crippen LogP contribution in [0, 0.1) is 0 Å². The highest BCUT2D eigenvalue weighted by Gasteiger charge is 2.23. The number of anilines is 1. The van der Waals surface area contributed by atoms with E-state index in [1.54, 1.807) is 6.92 Å². The van der Waals surface area contributed by atoms with Crippen molar-refractivity contribution in [2.45, 2.75) is 57.5 Å². The maximum absolute atomic E-state index is 11.8. The SMILES string of the molecule is CC(=O)C[C@@H](CO[C@@H]1CCCN(CCc2ccc3c(n2)NCCC3)C1)c1ccccc1. The third-order valence-electron chi connectivity index (χ3n) is 6.44. The molecular formula is C26H35N3O2. The third-order valence-corrected chi connectivity index (χ3v) is 6.44. The molecule has 0 bridgehead atoms. The fraction of sp³-hybridized carbons (Fsp3) is 0.538. The molecule has 5 nitrogen and oxygen atoms in total. The summed E-state index contributed by atoms with van der Waals surface area (Å²) in [4.78, 5) is 19.1. The zero-order chi connectivity index (χ0) is 21.5. The van der Waals surface area contributed by atoms with Gasteiger partial charge >= 0.3 is 0 Å². The summed E-state index contributed by atoms with van der Waals surface area (Å²) >= 11 is 0. The summed E-state index contributed by atoms with van der Waals surface area (Å²) < 4.78 is 6.34. The van der Waals surface area contributed by atoms with Crippen LogP contribution in [0.2, 0.25) is 0 Å². The van der Waals surface area contributed by atoms with Gasteiger partial charge in [-0.2, -0.15) is 0 Å². The van der Waals surface area contributed by atoms with E-state index in [9.17, 15) is 4.79 Å². The van der Waals surface area contributed by atoms with E-state index >= 15 is 0 Å². The Morgan fingerprint density at radius 3 is 2.94 bits per heavy atom. The lowest BCUT2D eigenvalue weighted by Crippen LogP contribution is -2.41.